The molecule has 1 atom stereocenters. The number of unbranched alkanes of at least 4 members (excludes halogenated alkanes) is 1. The molecule has 0 radical (unpaired) electrons. The maximum absolute atomic E-state index is 13.2. The van der Waals surface area contributed by atoms with Gasteiger partial charge in [-0.25, -0.2) is 8.42 Å². The summed E-state index contributed by atoms with van der Waals surface area (Å²) in [5, 5.41) is 3.36. The third-order valence-electron chi connectivity index (χ3n) is 4.86. The van der Waals surface area contributed by atoms with Gasteiger partial charge in [-0.2, -0.15) is 0 Å². The van der Waals surface area contributed by atoms with E-state index in [4.69, 9.17) is 11.6 Å². The molecule has 7 heteroatoms. The maximum atomic E-state index is 13.2. The predicted octanol–water partition coefficient (Wildman–Crippen LogP) is 4.87. The van der Waals surface area contributed by atoms with Gasteiger partial charge in [-0.1, -0.05) is 62.9 Å². The smallest absolute Gasteiger partial charge is 0.264 e. The molecule has 1 N–H and O–H groups in total. The number of amides is 1. The first-order valence-electron chi connectivity index (χ1n) is 9.98. The number of nitrogens with zero attached hydrogens (tertiary/aromatic N) is 1. The highest BCUT2D eigenvalue weighted by Crippen LogP contribution is 2.24. The Bertz CT molecular complexity index is 871. The molecule has 0 bridgehead atoms. The van der Waals surface area contributed by atoms with Gasteiger partial charge in [-0.05, 0) is 48.7 Å². The lowest BCUT2D eigenvalue weighted by Gasteiger charge is -2.24. The molecule has 0 spiro atoms. The van der Waals surface area contributed by atoms with Crippen molar-refractivity contribution in [3.05, 3.63) is 59.6 Å². The van der Waals surface area contributed by atoms with Crippen LogP contribution in [-0.4, -0.2) is 27.4 Å². The van der Waals surface area contributed by atoms with Crippen molar-refractivity contribution in [3.8, 4) is 0 Å². The fraction of sp³-hybridized carbons (Fsp3) is 0.409. The second kappa shape index (κ2) is 11.2. The van der Waals surface area contributed by atoms with Crippen LogP contribution in [0.5, 0.6) is 0 Å². The fourth-order valence-electron chi connectivity index (χ4n) is 3.03. The standard InChI is InChI=1S/C22H29ClN2O3S/c1-3-5-9-18(4-2)16-24-22(26)17-25(20-10-7-6-8-11-20)29(27,28)21-14-12-19(23)13-15-21/h6-8,10-15,18H,3-5,9,16-17H2,1-2H3,(H,24,26)/t18-/m0/s1. The second-order valence-corrected chi connectivity index (χ2v) is 9.32. The lowest BCUT2D eigenvalue weighted by Crippen LogP contribution is -2.42. The zero-order chi connectivity index (χ0) is 21.3. The zero-order valence-corrected chi connectivity index (χ0v) is 18.5. The molecule has 158 valence electrons. The van der Waals surface area contributed by atoms with Gasteiger partial charge in [0.25, 0.3) is 10.0 Å². The molecule has 29 heavy (non-hydrogen) atoms. The summed E-state index contributed by atoms with van der Waals surface area (Å²) in [6, 6.07) is 14.6. The van der Waals surface area contributed by atoms with Gasteiger partial charge >= 0.3 is 0 Å². The summed E-state index contributed by atoms with van der Waals surface area (Å²) in [4.78, 5) is 12.7. The number of para-hydroxylation sites is 1. The number of rotatable bonds is 11. The number of nitrogens with one attached hydrogen (secondary N) is 1. The van der Waals surface area contributed by atoms with Crippen LogP contribution in [0.15, 0.2) is 59.5 Å². The highest BCUT2D eigenvalue weighted by atomic mass is 35.5. The fourth-order valence-corrected chi connectivity index (χ4v) is 4.58. The average Bonchev–Trinajstić information content (AvgIpc) is 2.73. The van der Waals surface area contributed by atoms with Crippen LogP contribution in [0.25, 0.3) is 0 Å². The molecule has 2 aromatic carbocycles. The molecule has 0 aromatic heterocycles. The quantitative estimate of drug-likeness (QED) is 0.546. The van der Waals surface area contributed by atoms with Crippen LogP contribution in [0.1, 0.15) is 39.5 Å². The molecule has 0 saturated carbocycles. The van der Waals surface area contributed by atoms with E-state index < -0.39 is 10.0 Å². The van der Waals surface area contributed by atoms with Crippen LogP contribution >= 0.6 is 11.6 Å². The van der Waals surface area contributed by atoms with Crippen molar-refractivity contribution >= 4 is 33.2 Å². The molecule has 2 aromatic rings. The van der Waals surface area contributed by atoms with Gasteiger partial charge in [0, 0.05) is 11.6 Å². The van der Waals surface area contributed by atoms with Gasteiger partial charge in [0.15, 0.2) is 0 Å². The van der Waals surface area contributed by atoms with E-state index in [1.54, 1.807) is 30.3 Å². The molecule has 0 aliphatic heterocycles. The highest BCUT2D eigenvalue weighted by molar-refractivity contribution is 7.92. The first-order chi connectivity index (χ1) is 13.9. The SMILES string of the molecule is CCCC[C@H](CC)CNC(=O)CN(c1ccccc1)S(=O)(=O)c1ccc(Cl)cc1. The minimum atomic E-state index is -3.91. The van der Waals surface area contributed by atoms with E-state index in [0.717, 1.165) is 30.0 Å². The summed E-state index contributed by atoms with van der Waals surface area (Å²) in [5.41, 5.74) is 0.440. The molecule has 0 heterocycles. The summed E-state index contributed by atoms with van der Waals surface area (Å²) in [6.45, 7) is 4.52. The Labute approximate surface area is 179 Å². The van der Waals surface area contributed by atoms with Gasteiger partial charge in [-0.3, -0.25) is 9.10 Å². The average molecular weight is 437 g/mol. The molecule has 0 saturated heterocycles. The number of anilines is 1. The molecular weight excluding hydrogens is 408 g/mol. The van der Waals surface area contributed by atoms with E-state index in [1.165, 1.54) is 24.3 Å². The highest BCUT2D eigenvalue weighted by Gasteiger charge is 2.27. The Balaban J connectivity index is 2.19. The lowest BCUT2D eigenvalue weighted by molar-refractivity contribution is -0.119. The van der Waals surface area contributed by atoms with Crippen molar-refractivity contribution in [1.82, 2.24) is 5.32 Å². The lowest BCUT2D eigenvalue weighted by atomic mass is 9.99. The van der Waals surface area contributed by atoms with Gasteiger partial charge in [0.1, 0.15) is 6.54 Å². The topological polar surface area (TPSA) is 66.5 Å². The van der Waals surface area contributed by atoms with E-state index in [2.05, 4.69) is 19.2 Å². The number of hydrogen-bond acceptors (Lipinski definition) is 3. The number of carbonyl (C=O) groups excluding carboxylic acids is 1. The van der Waals surface area contributed by atoms with E-state index in [0.29, 0.717) is 23.2 Å². The summed E-state index contributed by atoms with van der Waals surface area (Å²) in [7, 11) is -3.91. The minimum absolute atomic E-state index is 0.0907. The Morgan fingerprint density at radius 3 is 2.31 bits per heavy atom. The molecule has 0 aliphatic carbocycles. The largest absolute Gasteiger partial charge is 0.354 e. The molecule has 0 unspecified atom stereocenters. The number of hydrogen-bond donors (Lipinski definition) is 1. The number of benzene rings is 2. The Morgan fingerprint density at radius 2 is 1.72 bits per heavy atom. The van der Waals surface area contributed by atoms with Gasteiger partial charge < -0.3 is 5.32 Å². The molecule has 0 fully saturated rings. The summed E-state index contributed by atoms with van der Waals surface area (Å²) in [6.07, 6.45) is 4.27. The van der Waals surface area contributed by atoms with Crippen molar-refractivity contribution in [2.75, 3.05) is 17.4 Å². The van der Waals surface area contributed by atoms with Crippen LogP contribution in [0.3, 0.4) is 0 Å². The third kappa shape index (κ3) is 6.75. The van der Waals surface area contributed by atoms with Crippen molar-refractivity contribution in [1.29, 1.82) is 0 Å². The van der Waals surface area contributed by atoms with Crippen LogP contribution in [0.4, 0.5) is 5.69 Å². The molecule has 1 amide bonds. The normalized spacial score (nSPS) is 12.4. The molecule has 5 nitrogen and oxygen atoms in total. The Morgan fingerprint density at radius 1 is 1.07 bits per heavy atom. The first kappa shape index (κ1) is 23.2. The van der Waals surface area contributed by atoms with E-state index in [9.17, 15) is 13.2 Å². The van der Waals surface area contributed by atoms with Gasteiger partial charge in [0.2, 0.25) is 5.91 Å². The number of sulfonamides is 1. The van der Waals surface area contributed by atoms with Crippen LogP contribution in [0.2, 0.25) is 5.02 Å². The zero-order valence-electron chi connectivity index (χ0n) is 17.0. The number of halogens is 1. The second-order valence-electron chi connectivity index (χ2n) is 7.02. The predicted molar refractivity (Wildman–Crippen MR) is 119 cm³/mol. The minimum Gasteiger partial charge on any atom is -0.354 e. The monoisotopic (exact) mass is 436 g/mol. The van der Waals surface area contributed by atoms with Crippen molar-refractivity contribution in [2.45, 2.75) is 44.4 Å². The maximum Gasteiger partial charge on any atom is 0.264 e. The van der Waals surface area contributed by atoms with E-state index in [1.807, 2.05) is 0 Å². The van der Waals surface area contributed by atoms with E-state index >= 15 is 0 Å². The van der Waals surface area contributed by atoms with Crippen molar-refractivity contribution in [2.24, 2.45) is 5.92 Å². The van der Waals surface area contributed by atoms with Crippen molar-refractivity contribution in [3.63, 3.8) is 0 Å². The summed E-state index contributed by atoms with van der Waals surface area (Å²) >= 11 is 5.89. The molecular formula is C22H29ClN2O3S. The first-order valence-corrected chi connectivity index (χ1v) is 11.8. The van der Waals surface area contributed by atoms with Gasteiger partial charge in [0.05, 0.1) is 10.6 Å². The Kier molecular flexibility index (Phi) is 8.99. The van der Waals surface area contributed by atoms with Crippen LogP contribution < -0.4 is 9.62 Å². The van der Waals surface area contributed by atoms with Crippen LogP contribution in [-0.2, 0) is 14.8 Å². The molecule has 2 rings (SSSR count). The Hall–Kier alpha value is -2.05. The summed E-state index contributed by atoms with van der Waals surface area (Å²) in [5.74, 6) is 0.0817. The van der Waals surface area contributed by atoms with Crippen molar-refractivity contribution < 1.29 is 13.2 Å². The van der Waals surface area contributed by atoms with Crippen LogP contribution in [0, 0.1) is 5.92 Å². The van der Waals surface area contributed by atoms with Gasteiger partial charge in [-0.15, -0.1) is 0 Å². The van der Waals surface area contributed by atoms with E-state index in [-0.39, 0.29) is 17.3 Å². The number of carbonyl (C=O) groups is 1. The third-order valence-corrected chi connectivity index (χ3v) is 6.90. The summed E-state index contributed by atoms with van der Waals surface area (Å²) < 4.78 is 27.6. The molecule has 0 aliphatic rings.